The van der Waals surface area contributed by atoms with E-state index in [1.165, 1.54) is 123 Å². The molecule has 1 rings (SSSR count). The van der Waals surface area contributed by atoms with Crippen molar-refractivity contribution in [2.24, 2.45) is 5.92 Å². The average molecular weight is 512 g/mol. The monoisotopic (exact) mass is 512 g/mol. The molecule has 1 atom stereocenters. The molecular weight excluding hydrogens is 446 g/mol. The Morgan fingerprint density at radius 3 is 1.92 bits per heavy atom. The van der Waals surface area contributed by atoms with Crippen LogP contribution in [-0.2, 0) is 9.53 Å². The van der Waals surface area contributed by atoms with E-state index in [9.17, 15) is 4.79 Å². The highest BCUT2D eigenvalue weighted by molar-refractivity contribution is 5.48. The van der Waals surface area contributed by atoms with Gasteiger partial charge in [-0.25, -0.2) is 0 Å². The summed E-state index contributed by atoms with van der Waals surface area (Å²) in [7, 11) is 6.25. The van der Waals surface area contributed by atoms with E-state index in [-0.39, 0.29) is 0 Å². The summed E-state index contributed by atoms with van der Waals surface area (Å²) in [6, 6.07) is 0. The molecule has 1 aliphatic rings. The Bertz CT molecular complexity index is 442. The zero-order valence-corrected chi connectivity index (χ0v) is 25.3. The molecule has 1 aliphatic heterocycles. The molecule has 0 aliphatic carbocycles. The molecule has 1 heterocycles. The van der Waals surface area contributed by atoms with E-state index in [1.807, 2.05) is 7.11 Å². The summed E-state index contributed by atoms with van der Waals surface area (Å²) in [4.78, 5) is 17.6. The number of rotatable bonds is 23. The van der Waals surface area contributed by atoms with Crippen molar-refractivity contribution in [1.82, 2.24) is 14.7 Å². The van der Waals surface area contributed by atoms with Gasteiger partial charge in [0.25, 0.3) is 0 Å². The summed E-state index contributed by atoms with van der Waals surface area (Å²) in [5.41, 5.74) is 0. The molecule has 5 heteroatoms. The van der Waals surface area contributed by atoms with Crippen molar-refractivity contribution in [2.75, 3.05) is 73.6 Å². The van der Waals surface area contributed by atoms with E-state index < -0.39 is 0 Å². The standard InChI is InChI=1S/C17H36O.C14H29N3O/c1-4-6-8-10-11-13-15-17(16-18-3)14-12-9-7-5-2;1-15(7-5-3-4-6-14-18)8-11-17-12-9-16(2)10-13-17/h17H,4-16H2,1-3H3;14H,3-13H2,1-2H3. The molecule has 0 bridgehead atoms. The van der Waals surface area contributed by atoms with Crippen molar-refractivity contribution >= 4 is 6.29 Å². The van der Waals surface area contributed by atoms with Crippen molar-refractivity contribution < 1.29 is 9.53 Å². The Balaban J connectivity index is 0.000000681. The molecule has 0 aromatic rings. The molecule has 0 spiro atoms. The largest absolute Gasteiger partial charge is 0.384 e. The highest BCUT2D eigenvalue weighted by Crippen LogP contribution is 2.19. The van der Waals surface area contributed by atoms with Crippen LogP contribution in [0.4, 0.5) is 0 Å². The van der Waals surface area contributed by atoms with Crippen molar-refractivity contribution in [3.05, 3.63) is 0 Å². The van der Waals surface area contributed by atoms with Crippen molar-refractivity contribution in [3.8, 4) is 0 Å². The molecule has 0 amide bonds. The predicted octanol–water partition coefficient (Wildman–Crippen LogP) is 6.89. The minimum atomic E-state index is 0.727. The second-order valence-corrected chi connectivity index (χ2v) is 11.2. The summed E-state index contributed by atoms with van der Waals surface area (Å²) < 4.78 is 5.36. The van der Waals surface area contributed by atoms with Gasteiger partial charge in [-0.1, -0.05) is 84.5 Å². The molecule has 1 fully saturated rings. The fourth-order valence-corrected chi connectivity index (χ4v) is 4.90. The third-order valence-electron chi connectivity index (χ3n) is 7.59. The number of methoxy groups -OCH3 is 1. The third kappa shape index (κ3) is 23.9. The van der Waals surface area contributed by atoms with Gasteiger partial charge in [0.1, 0.15) is 6.29 Å². The minimum Gasteiger partial charge on any atom is -0.384 e. The van der Waals surface area contributed by atoms with Crippen LogP contribution in [0.25, 0.3) is 0 Å². The summed E-state index contributed by atoms with van der Waals surface area (Å²) in [6.07, 6.45) is 22.0. The van der Waals surface area contributed by atoms with E-state index in [0.29, 0.717) is 0 Å². The van der Waals surface area contributed by atoms with Gasteiger partial charge in [-0.15, -0.1) is 0 Å². The van der Waals surface area contributed by atoms with Crippen LogP contribution < -0.4 is 0 Å². The van der Waals surface area contributed by atoms with Crippen LogP contribution in [0.3, 0.4) is 0 Å². The predicted molar refractivity (Wildman–Crippen MR) is 158 cm³/mol. The van der Waals surface area contributed by atoms with E-state index >= 15 is 0 Å². The lowest BCUT2D eigenvalue weighted by Crippen LogP contribution is -2.46. The van der Waals surface area contributed by atoms with E-state index in [0.717, 1.165) is 44.7 Å². The first-order valence-electron chi connectivity index (χ1n) is 15.6. The van der Waals surface area contributed by atoms with Gasteiger partial charge in [0.15, 0.2) is 0 Å². The van der Waals surface area contributed by atoms with E-state index in [1.54, 1.807) is 0 Å². The van der Waals surface area contributed by atoms with Crippen LogP contribution in [0.1, 0.15) is 117 Å². The van der Waals surface area contributed by atoms with E-state index in [2.05, 4.69) is 42.6 Å². The van der Waals surface area contributed by atoms with E-state index in [4.69, 9.17) is 4.74 Å². The van der Waals surface area contributed by atoms with Gasteiger partial charge >= 0.3 is 0 Å². The summed E-state index contributed by atoms with van der Waals surface area (Å²) in [5, 5.41) is 0. The van der Waals surface area contributed by atoms with Gasteiger partial charge in [-0.05, 0) is 52.2 Å². The van der Waals surface area contributed by atoms with Crippen molar-refractivity contribution in [2.45, 2.75) is 117 Å². The normalized spacial score (nSPS) is 15.6. The smallest absolute Gasteiger partial charge is 0.119 e. The van der Waals surface area contributed by atoms with Crippen LogP contribution in [0.15, 0.2) is 0 Å². The lowest BCUT2D eigenvalue weighted by atomic mass is 9.95. The average Bonchev–Trinajstić information content (AvgIpc) is 2.88. The van der Waals surface area contributed by atoms with Gasteiger partial charge in [-0.2, -0.15) is 0 Å². The number of hydrogen-bond donors (Lipinski definition) is 0. The molecule has 216 valence electrons. The summed E-state index contributed by atoms with van der Waals surface area (Å²) >= 11 is 0. The number of carbonyl (C=O) groups excluding carboxylic acids is 1. The minimum absolute atomic E-state index is 0.727. The maximum Gasteiger partial charge on any atom is 0.119 e. The molecule has 1 saturated heterocycles. The fraction of sp³-hybridized carbons (Fsp3) is 0.968. The number of carbonyl (C=O) groups is 1. The number of ether oxygens (including phenoxy) is 1. The summed E-state index contributed by atoms with van der Waals surface area (Å²) in [5.74, 6) is 0.818. The number of hydrogen-bond acceptors (Lipinski definition) is 5. The number of aldehydes is 1. The number of likely N-dealkylation sites (N-methyl/N-ethyl adjacent to an activating group) is 2. The second kappa shape index (κ2) is 27.5. The molecule has 0 N–H and O–H groups in total. The maximum atomic E-state index is 10.2. The number of unbranched alkanes of at least 4 members (excludes halogenated alkanes) is 11. The Hall–Kier alpha value is -0.490. The first-order chi connectivity index (χ1) is 17.6. The Morgan fingerprint density at radius 2 is 1.33 bits per heavy atom. The molecule has 0 saturated carbocycles. The van der Waals surface area contributed by atoms with Crippen molar-refractivity contribution in [3.63, 3.8) is 0 Å². The lowest BCUT2D eigenvalue weighted by Gasteiger charge is -2.33. The van der Waals surface area contributed by atoms with Crippen LogP contribution >= 0.6 is 0 Å². The Morgan fingerprint density at radius 1 is 0.778 bits per heavy atom. The lowest BCUT2D eigenvalue weighted by molar-refractivity contribution is -0.107. The van der Waals surface area contributed by atoms with Crippen LogP contribution in [0, 0.1) is 5.92 Å². The SMILES string of the molecule is CCCCCCCCC(CCCCCC)COC.CN(CCCCCC=O)CCN1CCN(C)CC1. The first-order valence-corrected chi connectivity index (χ1v) is 15.6. The molecule has 36 heavy (non-hydrogen) atoms. The van der Waals surface area contributed by atoms with Crippen LogP contribution in [-0.4, -0.2) is 94.6 Å². The Kier molecular flexibility index (Phi) is 27.2. The van der Waals surface area contributed by atoms with Gasteiger partial charge in [0.2, 0.25) is 0 Å². The third-order valence-corrected chi connectivity index (χ3v) is 7.59. The second-order valence-electron chi connectivity index (χ2n) is 11.2. The molecular formula is C31H65N3O2. The highest BCUT2D eigenvalue weighted by atomic mass is 16.5. The first kappa shape index (κ1) is 35.5. The van der Waals surface area contributed by atoms with Gasteiger partial charge in [0.05, 0.1) is 0 Å². The molecule has 0 aromatic heterocycles. The number of nitrogens with zero attached hydrogens (tertiary/aromatic N) is 3. The summed E-state index contributed by atoms with van der Waals surface area (Å²) in [6.45, 7) is 13.9. The quantitative estimate of drug-likeness (QED) is 0.110. The van der Waals surface area contributed by atoms with Crippen molar-refractivity contribution in [1.29, 1.82) is 0 Å². The topological polar surface area (TPSA) is 36.0 Å². The zero-order chi connectivity index (χ0) is 26.7. The van der Waals surface area contributed by atoms with Crippen LogP contribution in [0.2, 0.25) is 0 Å². The number of piperazine rings is 1. The molecule has 0 aromatic carbocycles. The van der Waals surface area contributed by atoms with Gasteiger partial charge in [0, 0.05) is 59.4 Å². The zero-order valence-electron chi connectivity index (χ0n) is 25.3. The maximum absolute atomic E-state index is 10.2. The van der Waals surface area contributed by atoms with Crippen LogP contribution in [0.5, 0.6) is 0 Å². The molecule has 5 nitrogen and oxygen atoms in total. The molecule has 0 radical (unpaired) electrons. The Labute approximate surface area is 226 Å². The van der Waals surface area contributed by atoms with Gasteiger partial charge < -0.3 is 19.3 Å². The highest BCUT2D eigenvalue weighted by Gasteiger charge is 2.13. The van der Waals surface area contributed by atoms with Gasteiger partial charge in [-0.3, -0.25) is 4.90 Å². The fourth-order valence-electron chi connectivity index (χ4n) is 4.90. The molecule has 1 unspecified atom stereocenters.